The molecule has 1 aliphatic heterocycles. The summed E-state index contributed by atoms with van der Waals surface area (Å²) in [5, 5.41) is 3.68. The Balaban J connectivity index is 1.50. The fraction of sp³-hybridized carbons (Fsp3) is 0.0571. The normalized spacial score (nSPS) is 15.4. The van der Waals surface area contributed by atoms with Gasteiger partial charge in [-0.3, -0.25) is 4.99 Å². The van der Waals surface area contributed by atoms with Crippen LogP contribution in [0.1, 0.15) is 22.9 Å². The van der Waals surface area contributed by atoms with Crippen molar-refractivity contribution in [3.8, 4) is 0 Å². The van der Waals surface area contributed by atoms with E-state index < -0.39 is 10.0 Å². The molecule has 1 N–H and O–H groups in total. The molecule has 0 aromatic heterocycles. The first-order valence-corrected chi connectivity index (χ1v) is 14.5. The molecule has 186 valence electrons. The molecule has 38 heavy (non-hydrogen) atoms. The van der Waals surface area contributed by atoms with Gasteiger partial charge in [0.15, 0.2) is 0 Å². The van der Waals surface area contributed by atoms with Crippen molar-refractivity contribution in [1.82, 2.24) is 5.32 Å². The molecule has 1 aliphatic rings. The third kappa shape index (κ3) is 4.46. The second kappa shape index (κ2) is 10.6. The van der Waals surface area contributed by atoms with Crippen LogP contribution in [0.2, 0.25) is 0 Å². The molecule has 0 radical (unpaired) electrons. The second-order valence-corrected chi connectivity index (χ2v) is 12.5. The van der Waals surface area contributed by atoms with Crippen molar-refractivity contribution >= 4 is 21.9 Å². The number of hydrogen-bond acceptors (Lipinski definition) is 2. The van der Waals surface area contributed by atoms with E-state index in [4.69, 9.17) is 4.99 Å². The van der Waals surface area contributed by atoms with E-state index in [1.54, 1.807) is 0 Å². The summed E-state index contributed by atoms with van der Waals surface area (Å²) >= 11 is 0. The van der Waals surface area contributed by atoms with Crippen LogP contribution in [0.25, 0.3) is 5.70 Å². The number of allylic oxidation sites excluding steroid dienone is 1. The number of hydrogen-bond donors (Lipinski definition) is 1. The summed E-state index contributed by atoms with van der Waals surface area (Å²) < 4.78 is 0. The predicted octanol–water partition coefficient (Wildman–Crippen LogP) is 9.05. The molecule has 0 bridgehead atoms. The van der Waals surface area contributed by atoms with Gasteiger partial charge in [-0.1, -0.05) is 96.6 Å². The smallest absolute Gasteiger partial charge is 0.144 e. The van der Waals surface area contributed by atoms with Crippen molar-refractivity contribution in [2.45, 2.75) is 32.7 Å². The lowest BCUT2D eigenvalue weighted by molar-refractivity contribution is 0.667. The molecule has 5 aromatic rings. The largest absolute Gasteiger partial charge is 0.360 e. The minimum Gasteiger partial charge on any atom is -0.360 e. The van der Waals surface area contributed by atoms with Gasteiger partial charge in [-0.25, -0.2) is 0 Å². The van der Waals surface area contributed by atoms with Crippen LogP contribution in [0.5, 0.6) is 0 Å². The Morgan fingerprint density at radius 2 is 1.11 bits per heavy atom. The zero-order valence-corrected chi connectivity index (χ0v) is 22.2. The highest BCUT2D eigenvalue weighted by atomic mass is 32.3. The van der Waals surface area contributed by atoms with Gasteiger partial charge in [-0.2, -0.15) is 0 Å². The third-order valence-electron chi connectivity index (χ3n) is 6.95. The van der Waals surface area contributed by atoms with Gasteiger partial charge in [0.1, 0.15) is 6.17 Å². The van der Waals surface area contributed by atoms with Gasteiger partial charge in [-0.15, -0.1) is 10.0 Å². The van der Waals surface area contributed by atoms with Crippen molar-refractivity contribution in [3.63, 3.8) is 0 Å². The van der Waals surface area contributed by atoms with E-state index in [1.165, 1.54) is 25.1 Å². The van der Waals surface area contributed by atoms with Crippen LogP contribution in [0.4, 0.5) is 0 Å². The van der Waals surface area contributed by atoms with Crippen LogP contribution < -0.4 is 5.32 Å². The van der Waals surface area contributed by atoms with E-state index in [0.717, 1.165) is 16.8 Å². The standard InChI is InChI=1S/C35H30N2S/c1-27-20-22-28(23-21-27)35-36-25-24-34(37-35)29-12-11-19-33(26-29)38(30-13-5-2-6-14-30,31-15-7-3-8-16-31)32-17-9-4-10-18-32/h2-26,35,37H,1H3. The summed E-state index contributed by atoms with van der Waals surface area (Å²) in [6.45, 7) is 2.11. The third-order valence-corrected chi connectivity index (χ3v) is 10.8. The molecule has 0 amide bonds. The fourth-order valence-corrected chi connectivity index (χ4v) is 8.99. The lowest BCUT2D eigenvalue weighted by atomic mass is 10.1. The van der Waals surface area contributed by atoms with Crippen molar-refractivity contribution in [2.24, 2.45) is 4.99 Å². The SMILES string of the molecule is Cc1ccc(C2N=CC=C(c3cccc(S(c4ccccc4)(c4ccccc4)c4ccccc4)c3)N2)cc1. The highest BCUT2D eigenvalue weighted by Gasteiger charge is 2.33. The zero-order chi connectivity index (χ0) is 25.8. The van der Waals surface area contributed by atoms with E-state index in [-0.39, 0.29) is 6.17 Å². The Hall–Kier alpha value is -4.34. The van der Waals surface area contributed by atoms with Crippen LogP contribution >= 0.6 is 10.0 Å². The number of benzene rings is 5. The van der Waals surface area contributed by atoms with E-state index in [0.29, 0.717) is 0 Å². The zero-order valence-electron chi connectivity index (χ0n) is 21.4. The summed E-state index contributed by atoms with van der Waals surface area (Å²) in [5.41, 5.74) is 4.64. The van der Waals surface area contributed by atoms with Gasteiger partial charge in [0.2, 0.25) is 0 Å². The molecule has 0 saturated carbocycles. The summed E-state index contributed by atoms with van der Waals surface area (Å²) in [5.74, 6) is 0. The molecule has 3 heteroatoms. The molecular formula is C35H30N2S. The Bertz CT molecular complexity index is 1480. The summed E-state index contributed by atoms with van der Waals surface area (Å²) in [4.78, 5) is 9.97. The average Bonchev–Trinajstić information content (AvgIpc) is 3.00. The summed E-state index contributed by atoms with van der Waals surface area (Å²) in [6.07, 6.45) is 3.90. The van der Waals surface area contributed by atoms with Gasteiger partial charge < -0.3 is 5.32 Å². The van der Waals surface area contributed by atoms with Crippen molar-refractivity contribution in [3.05, 3.63) is 162 Å². The van der Waals surface area contributed by atoms with Crippen molar-refractivity contribution < 1.29 is 0 Å². The molecule has 0 spiro atoms. The average molecular weight is 511 g/mol. The van der Waals surface area contributed by atoms with Crippen LogP contribution in [0.15, 0.2) is 170 Å². The molecule has 1 unspecified atom stereocenters. The summed E-state index contributed by atoms with van der Waals surface area (Å²) in [7, 11) is -1.73. The van der Waals surface area contributed by atoms with E-state index in [1.807, 2.05) is 6.21 Å². The van der Waals surface area contributed by atoms with Gasteiger partial charge in [0.05, 0.1) is 0 Å². The first-order valence-electron chi connectivity index (χ1n) is 12.9. The topological polar surface area (TPSA) is 24.4 Å². The molecule has 0 saturated heterocycles. The summed E-state index contributed by atoms with van der Waals surface area (Å²) in [6, 6.07) is 50.5. The molecule has 0 fully saturated rings. The number of aryl methyl sites for hydroxylation is 1. The monoisotopic (exact) mass is 510 g/mol. The fourth-order valence-electron chi connectivity index (χ4n) is 5.08. The molecule has 1 heterocycles. The molecule has 2 nitrogen and oxygen atoms in total. The number of nitrogens with one attached hydrogen (secondary N) is 1. The van der Waals surface area contributed by atoms with Gasteiger partial charge in [0, 0.05) is 31.5 Å². The van der Waals surface area contributed by atoms with Gasteiger partial charge in [-0.05, 0) is 72.7 Å². The Morgan fingerprint density at radius 1 is 0.579 bits per heavy atom. The predicted molar refractivity (Wildman–Crippen MR) is 160 cm³/mol. The van der Waals surface area contributed by atoms with E-state index in [9.17, 15) is 0 Å². The van der Waals surface area contributed by atoms with Gasteiger partial charge in [0.25, 0.3) is 0 Å². The first kappa shape index (κ1) is 24.0. The highest BCUT2D eigenvalue weighted by Crippen LogP contribution is 2.73. The number of nitrogens with zero attached hydrogens (tertiary/aromatic N) is 1. The van der Waals surface area contributed by atoms with Crippen LogP contribution in [0, 0.1) is 6.92 Å². The van der Waals surface area contributed by atoms with Crippen molar-refractivity contribution in [1.29, 1.82) is 0 Å². The van der Waals surface area contributed by atoms with Crippen LogP contribution in [-0.4, -0.2) is 6.21 Å². The molecular weight excluding hydrogens is 480 g/mol. The number of rotatable bonds is 6. The maximum absolute atomic E-state index is 4.71. The lowest BCUT2D eigenvalue weighted by Gasteiger charge is -2.42. The number of aliphatic imine (C=N–C) groups is 1. The molecule has 6 rings (SSSR count). The van der Waals surface area contributed by atoms with E-state index in [2.05, 4.69) is 158 Å². The molecule has 1 atom stereocenters. The van der Waals surface area contributed by atoms with Crippen LogP contribution in [0.3, 0.4) is 0 Å². The minimum atomic E-state index is -1.73. The minimum absolute atomic E-state index is 0.103. The highest BCUT2D eigenvalue weighted by molar-refractivity contribution is 8.34. The second-order valence-electron chi connectivity index (χ2n) is 9.42. The van der Waals surface area contributed by atoms with Crippen molar-refractivity contribution in [2.75, 3.05) is 0 Å². The maximum atomic E-state index is 4.71. The van der Waals surface area contributed by atoms with Gasteiger partial charge >= 0.3 is 0 Å². The maximum Gasteiger partial charge on any atom is 0.144 e. The quantitative estimate of drug-likeness (QED) is 0.242. The lowest BCUT2D eigenvalue weighted by Crippen LogP contribution is -2.21. The van der Waals surface area contributed by atoms with E-state index >= 15 is 0 Å². The Labute approximate surface area is 226 Å². The Kier molecular flexibility index (Phi) is 6.68. The Morgan fingerprint density at radius 3 is 1.66 bits per heavy atom. The first-order chi connectivity index (χ1) is 18.7. The molecule has 0 aliphatic carbocycles. The van der Waals surface area contributed by atoms with Crippen LogP contribution in [-0.2, 0) is 0 Å². The molecule has 5 aromatic carbocycles.